The van der Waals surface area contributed by atoms with Crippen LogP contribution in [0.2, 0.25) is 0 Å². The van der Waals surface area contributed by atoms with Crippen LogP contribution in [-0.4, -0.2) is 12.3 Å². The van der Waals surface area contributed by atoms with Crippen molar-refractivity contribution in [2.75, 3.05) is 6.54 Å². The lowest BCUT2D eigenvalue weighted by atomic mass is 10.1. The van der Waals surface area contributed by atoms with E-state index in [4.69, 9.17) is 6.42 Å². The zero-order chi connectivity index (χ0) is 11.1. The van der Waals surface area contributed by atoms with E-state index in [2.05, 4.69) is 11.2 Å². The molecular formula is C13H13NO. The number of carbonyl (C=O) groups is 1. The number of rotatable bonds is 4. The fraction of sp³-hybridized carbons (Fsp3) is 0.154. The van der Waals surface area contributed by atoms with Crippen molar-refractivity contribution in [3.8, 4) is 12.3 Å². The Morgan fingerprint density at radius 2 is 2.13 bits per heavy atom. The Morgan fingerprint density at radius 1 is 1.47 bits per heavy atom. The lowest BCUT2D eigenvalue weighted by Gasteiger charge is -2.07. The summed E-state index contributed by atoms with van der Waals surface area (Å²) in [6.07, 6.45) is 6.71. The van der Waals surface area contributed by atoms with Gasteiger partial charge >= 0.3 is 0 Å². The van der Waals surface area contributed by atoms with Crippen molar-refractivity contribution in [1.29, 1.82) is 0 Å². The lowest BCUT2D eigenvalue weighted by Crippen LogP contribution is -2.13. The zero-order valence-electron chi connectivity index (χ0n) is 8.66. The van der Waals surface area contributed by atoms with Gasteiger partial charge in [0.05, 0.1) is 6.54 Å². The Morgan fingerprint density at radius 3 is 2.67 bits per heavy atom. The first kappa shape index (κ1) is 11.1. The van der Waals surface area contributed by atoms with E-state index >= 15 is 0 Å². The van der Waals surface area contributed by atoms with Crippen LogP contribution in [0.5, 0.6) is 0 Å². The number of carbonyl (C=O) groups excluding carboxylic acids is 1. The molecule has 0 atom stereocenters. The van der Waals surface area contributed by atoms with Gasteiger partial charge in [-0.15, -0.1) is 6.42 Å². The maximum Gasteiger partial charge on any atom is 0.154 e. The first-order chi connectivity index (χ1) is 7.24. The normalized spacial score (nSPS) is 10.5. The van der Waals surface area contributed by atoms with Gasteiger partial charge in [-0.1, -0.05) is 36.3 Å². The first-order valence-corrected chi connectivity index (χ1v) is 4.69. The fourth-order valence-corrected chi connectivity index (χ4v) is 1.20. The summed E-state index contributed by atoms with van der Waals surface area (Å²) in [4.78, 5) is 11.0. The molecular weight excluding hydrogens is 186 g/mol. The third-order valence-electron chi connectivity index (χ3n) is 1.81. The first-order valence-electron chi connectivity index (χ1n) is 4.69. The molecule has 0 spiro atoms. The lowest BCUT2D eigenvalue weighted by molar-refractivity contribution is -0.112. The van der Waals surface area contributed by atoms with Gasteiger partial charge in [0, 0.05) is 11.8 Å². The Kier molecular flexibility index (Phi) is 4.18. The van der Waals surface area contributed by atoms with E-state index in [0.717, 1.165) is 11.3 Å². The molecule has 0 unspecified atom stereocenters. The minimum Gasteiger partial charge on any atom is -0.374 e. The average Bonchev–Trinajstić information content (AvgIpc) is 2.25. The highest BCUT2D eigenvalue weighted by molar-refractivity contribution is 5.94. The van der Waals surface area contributed by atoms with Gasteiger partial charge in [0.15, 0.2) is 5.78 Å². The number of allylic oxidation sites excluding steroid dienone is 1. The topological polar surface area (TPSA) is 29.1 Å². The smallest absolute Gasteiger partial charge is 0.154 e. The van der Waals surface area contributed by atoms with E-state index in [1.165, 1.54) is 6.92 Å². The molecule has 0 radical (unpaired) electrons. The number of ketones is 1. The summed E-state index contributed by atoms with van der Waals surface area (Å²) in [5.41, 5.74) is 1.73. The second-order valence-electron chi connectivity index (χ2n) is 3.09. The molecule has 0 aliphatic heterocycles. The van der Waals surface area contributed by atoms with Crippen molar-refractivity contribution in [2.24, 2.45) is 0 Å². The highest BCUT2D eigenvalue weighted by Gasteiger charge is 2.00. The van der Waals surface area contributed by atoms with Crippen LogP contribution >= 0.6 is 0 Å². The van der Waals surface area contributed by atoms with Gasteiger partial charge in [0.25, 0.3) is 0 Å². The molecule has 2 nitrogen and oxygen atoms in total. The maximum atomic E-state index is 11.0. The van der Waals surface area contributed by atoms with Gasteiger partial charge in [-0.3, -0.25) is 4.79 Å². The molecule has 76 valence electrons. The molecule has 0 aliphatic rings. The van der Waals surface area contributed by atoms with E-state index in [1.807, 2.05) is 30.3 Å². The van der Waals surface area contributed by atoms with Crippen LogP contribution in [0, 0.1) is 12.3 Å². The van der Waals surface area contributed by atoms with E-state index in [1.54, 1.807) is 6.08 Å². The van der Waals surface area contributed by atoms with Crippen LogP contribution in [0.3, 0.4) is 0 Å². The number of nitrogens with one attached hydrogen (secondary N) is 1. The van der Waals surface area contributed by atoms with Gasteiger partial charge in [-0.2, -0.15) is 0 Å². The summed E-state index contributed by atoms with van der Waals surface area (Å²) in [5.74, 6) is 2.48. The summed E-state index contributed by atoms with van der Waals surface area (Å²) in [6.45, 7) is 1.93. The van der Waals surface area contributed by atoms with E-state index < -0.39 is 0 Å². The van der Waals surface area contributed by atoms with Crippen molar-refractivity contribution < 1.29 is 4.79 Å². The second-order valence-corrected chi connectivity index (χ2v) is 3.09. The summed E-state index contributed by atoms with van der Waals surface area (Å²) in [7, 11) is 0. The third kappa shape index (κ3) is 3.70. The van der Waals surface area contributed by atoms with E-state index in [0.29, 0.717) is 6.54 Å². The number of hydrogen-bond acceptors (Lipinski definition) is 2. The molecule has 2 heteroatoms. The van der Waals surface area contributed by atoms with Gasteiger partial charge in [-0.25, -0.2) is 0 Å². The monoisotopic (exact) mass is 199 g/mol. The highest BCUT2D eigenvalue weighted by Crippen LogP contribution is 2.10. The largest absolute Gasteiger partial charge is 0.374 e. The molecule has 0 amide bonds. The predicted octanol–water partition coefficient (Wildman–Crippen LogP) is 1.84. The van der Waals surface area contributed by atoms with E-state index in [9.17, 15) is 4.79 Å². The standard InChI is InChI=1S/C13H13NO/c1-3-9-14-13(10-11(2)15)12-7-5-4-6-8-12/h1,4-8,10,14H,9H2,2H3/b13-10-. The quantitative estimate of drug-likeness (QED) is 0.592. The third-order valence-corrected chi connectivity index (χ3v) is 1.81. The van der Waals surface area contributed by atoms with Crippen LogP contribution in [-0.2, 0) is 4.79 Å². The molecule has 0 aromatic heterocycles. The maximum absolute atomic E-state index is 11.0. The summed E-state index contributed by atoms with van der Waals surface area (Å²) >= 11 is 0. The Hall–Kier alpha value is -2.01. The molecule has 0 heterocycles. The molecule has 0 saturated heterocycles. The fourth-order valence-electron chi connectivity index (χ4n) is 1.20. The molecule has 0 bridgehead atoms. The Bertz CT molecular complexity index is 398. The van der Waals surface area contributed by atoms with Crippen molar-refractivity contribution in [3.05, 3.63) is 42.0 Å². The Labute approximate surface area is 90.0 Å². The van der Waals surface area contributed by atoms with Crippen molar-refractivity contribution >= 4 is 11.5 Å². The van der Waals surface area contributed by atoms with Gasteiger partial charge in [0.1, 0.15) is 0 Å². The van der Waals surface area contributed by atoms with E-state index in [-0.39, 0.29) is 5.78 Å². The summed E-state index contributed by atoms with van der Waals surface area (Å²) in [6, 6.07) is 9.62. The second kappa shape index (κ2) is 5.66. The van der Waals surface area contributed by atoms with Crippen molar-refractivity contribution in [2.45, 2.75) is 6.92 Å². The van der Waals surface area contributed by atoms with Gasteiger partial charge < -0.3 is 5.32 Å². The zero-order valence-corrected chi connectivity index (χ0v) is 8.66. The van der Waals surface area contributed by atoms with Crippen molar-refractivity contribution in [1.82, 2.24) is 5.32 Å². The van der Waals surface area contributed by atoms with Crippen LogP contribution in [0.4, 0.5) is 0 Å². The van der Waals surface area contributed by atoms with Gasteiger partial charge in [-0.05, 0) is 12.5 Å². The molecule has 0 aliphatic carbocycles. The Balaban J connectivity index is 2.92. The number of benzene rings is 1. The van der Waals surface area contributed by atoms with Crippen LogP contribution in [0.25, 0.3) is 5.70 Å². The SMILES string of the molecule is C#CCN/C(=C\C(C)=O)c1ccccc1. The van der Waals surface area contributed by atoms with Crippen LogP contribution in [0.1, 0.15) is 12.5 Å². The summed E-state index contributed by atoms with van der Waals surface area (Å²) < 4.78 is 0. The molecule has 0 fully saturated rings. The average molecular weight is 199 g/mol. The molecule has 1 aromatic carbocycles. The minimum atomic E-state index is -0.00151. The summed E-state index contributed by atoms with van der Waals surface area (Å²) in [5, 5.41) is 3.02. The predicted molar refractivity (Wildman–Crippen MR) is 61.9 cm³/mol. The molecule has 1 aromatic rings. The number of terminal acetylenes is 1. The number of hydrogen-bond donors (Lipinski definition) is 1. The minimum absolute atomic E-state index is 0.00151. The van der Waals surface area contributed by atoms with Gasteiger partial charge in [0.2, 0.25) is 0 Å². The van der Waals surface area contributed by atoms with Crippen molar-refractivity contribution in [3.63, 3.8) is 0 Å². The molecule has 15 heavy (non-hydrogen) atoms. The van der Waals surface area contributed by atoms with Crippen LogP contribution in [0.15, 0.2) is 36.4 Å². The molecule has 1 N–H and O–H groups in total. The molecule has 0 saturated carbocycles. The highest BCUT2D eigenvalue weighted by atomic mass is 16.1. The van der Waals surface area contributed by atoms with Crippen LogP contribution < -0.4 is 5.32 Å². The molecule has 1 rings (SSSR count).